The van der Waals surface area contributed by atoms with Crippen molar-refractivity contribution < 1.29 is 18.7 Å². The highest BCUT2D eigenvalue weighted by Crippen LogP contribution is 2.13. The minimum Gasteiger partial charge on any atom is -0.492 e. The molecule has 1 heterocycles. The molecule has 0 aliphatic heterocycles. The van der Waals surface area contributed by atoms with Crippen molar-refractivity contribution in [3.05, 3.63) is 52.5 Å². The average molecular weight is 335 g/mol. The highest BCUT2D eigenvalue weighted by Gasteiger charge is 2.13. The van der Waals surface area contributed by atoms with E-state index in [1.54, 1.807) is 13.1 Å². The molecule has 0 unspecified atom stereocenters. The first-order valence-corrected chi connectivity index (χ1v) is 8.13. The van der Waals surface area contributed by atoms with Crippen molar-refractivity contribution in [2.24, 2.45) is 0 Å². The van der Waals surface area contributed by atoms with Gasteiger partial charge in [-0.1, -0.05) is 6.07 Å². The molecule has 0 radical (unpaired) electrons. The molecule has 0 atom stereocenters. The second-order valence-electron chi connectivity index (χ2n) is 5.02. The van der Waals surface area contributed by atoms with Crippen molar-refractivity contribution in [2.75, 3.05) is 20.2 Å². The van der Waals surface area contributed by atoms with E-state index in [9.17, 15) is 14.0 Å². The third-order valence-corrected chi connectivity index (χ3v) is 4.21. The molecule has 1 aromatic heterocycles. The largest absolute Gasteiger partial charge is 0.492 e. The van der Waals surface area contributed by atoms with E-state index < -0.39 is 0 Å². The van der Waals surface area contributed by atoms with Gasteiger partial charge >= 0.3 is 0 Å². The van der Waals surface area contributed by atoms with E-state index in [1.165, 1.54) is 40.5 Å². The number of Topliss-reactive ketones (excluding diaryl/α,β-unsaturated/α-hetero) is 1. The van der Waals surface area contributed by atoms with Gasteiger partial charge in [0.15, 0.2) is 5.78 Å². The predicted molar refractivity (Wildman–Crippen MR) is 87.4 cm³/mol. The quantitative estimate of drug-likeness (QED) is 0.695. The molecule has 1 aromatic carbocycles. The van der Waals surface area contributed by atoms with E-state index in [4.69, 9.17) is 4.74 Å². The molecule has 0 aliphatic carbocycles. The van der Waals surface area contributed by atoms with Gasteiger partial charge in [-0.15, -0.1) is 11.3 Å². The molecule has 0 fully saturated rings. The van der Waals surface area contributed by atoms with Gasteiger partial charge < -0.3 is 9.64 Å². The van der Waals surface area contributed by atoms with Gasteiger partial charge in [0, 0.05) is 19.9 Å². The Balaban J connectivity index is 1.68. The number of likely N-dealkylation sites (N-methyl/N-ethyl adjacent to an activating group) is 1. The van der Waals surface area contributed by atoms with Crippen LogP contribution in [0.2, 0.25) is 0 Å². The molecule has 0 saturated carbocycles. The Morgan fingerprint density at radius 3 is 2.57 bits per heavy atom. The number of hydrogen-bond acceptors (Lipinski definition) is 4. The number of halogens is 1. The van der Waals surface area contributed by atoms with E-state index in [1.807, 2.05) is 11.4 Å². The van der Waals surface area contributed by atoms with Crippen LogP contribution >= 0.6 is 11.3 Å². The van der Waals surface area contributed by atoms with Crippen molar-refractivity contribution in [1.29, 1.82) is 0 Å². The van der Waals surface area contributed by atoms with Crippen LogP contribution in [0.4, 0.5) is 4.39 Å². The van der Waals surface area contributed by atoms with Gasteiger partial charge in [0.1, 0.15) is 18.2 Å². The van der Waals surface area contributed by atoms with Gasteiger partial charge in [-0.3, -0.25) is 9.59 Å². The predicted octanol–water partition coefficient (Wildman–Crippen LogP) is 3.39. The zero-order valence-electron chi connectivity index (χ0n) is 12.8. The molecule has 2 aromatic rings. The monoisotopic (exact) mass is 335 g/mol. The number of rotatable bonds is 8. The third kappa shape index (κ3) is 5.49. The highest BCUT2D eigenvalue weighted by molar-refractivity contribution is 7.12. The SMILES string of the molecule is CN(CCOc1ccc(F)cc1)C(=O)CCC(=O)c1cccs1. The average Bonchev–Trinajstić information content (AvgIpc) is 3.08. The molecule has 2 rings (SSSR count). The minimum absolute atomic E-state index is 0.00990. The Morgan fingerprint density at radius 1 is 1.17 bits per heavy atom. The summed E-state index contributed by atoms with van der Waals surface area (Å²) in [4.78, 5) is 26.0. The van der Waals surface area contributed by atoms with Crippen LogP contribution in [-0.4, -0.2) is 36.8 Å². The highest BCUT2D eigenvalue weighted by atomic mass is 32.1. The Morgan fingerprint density at radius 2 is 1.91 bits per heavy atom. The van der Waals surface area contributed by atoms with Crippen molar-refractivity contribution >= 4 is 23.0 Å². The molecule has 122 valence electrons. The van der Waals surface area contributed by atoms with Crippen LogP contribution in [0.25, 0.3) is 0 Å². The molecule has 0 spiro atoms. The number of benzene rings is 1. The lowest BCUT2D eigenvalue weighted by atomic mass is 10.2. The van der Waals surface area contributed by atoms with Gasteiger partial charge in [-0.25, -0.2) is 4.39 Å². The molecular weight excluding hydrogens is 317 g/mol. The van der Waals surface area contributed by atoms with Gasteiger partial charge in [-0.2, -0.15) is 0 Å². The maximum atomic E-state index is 12.8. The summed E-state index contributed by atoms with van der Waals surface area (Å²) in [6.07, 6.45) is 0.395. The normalized spacial score (nSPS) is 10.3. The lowest BCUT2D eigenvalue weighted by molar-refractivity contribution is -0.130. The fraction of sp³-hybridized carbons (Fsp3) is 0.294. The van der Waals surface area contributed by atoms with Crippen LogP contribution in [0.15, 0.2) is 41.8 Å². The first-order chi connectivity index (χ1) is 11.1. The van der Waals surface area contributed by atoms with Crippen molar-refractivity contribution in [2.45, 2.75) is 12.8 Å². The first kappa shape index (κ1) is 17.1. The van der Waals surface area contributed by atoms with Crippen LogP contribution in [-0.2, 0) is 4.79 Å². The van der Waals surface area contributed by atoms with Gasteiger partial charge in [0.05, 0.1) is 11.4 Å². The van der Waals surface area contributed by atoms with Gasteiger partial charge in [-0.05, 0) is 35.7 Å². The van der Waals surface area contributed by atoms with Crippen molar-refractivity contribution in [1.82, 2.24) is 4.90 Å². The van der Waals surface area contributed by atoms with Crippen molar-refractivity contribution in [3.63, 3.8) is 0 Å². The number of carbonyl (C=O) groups is 2. The van der Waals surface area contributed by atoms with Gasteiger partial charge in [0.2, 0.25) is 5.91 Å². The number of ketones is 1. The molecule has 0 N–H and O–H groups in total. The summed E-state index contributed by atoms with van der Waals surface area (Å²) in [6, 6.07) is 9.30. The van der Waals surface area contributed by atoms with Crippen LogP contribution in [0.5, 0.6) is 5.75 Å². The minimum atomic E-state index is -0.319. The maximum Gasteiger partial charge on any atom is 0.222 e. The lowest BCUT2D eigenvalue weighted by Crippen LogP contribution is -2.31. The Hall–Kier alpha value is -2.21. The number of hydrogen-bond donors (Lipinski definition) is 0. The van der Waals surface area contributed by atoms with E-state index in [0.29, 0.717) is 23.8 Å². The summed E-state index contributed by atoms with van der Waals surface area (Å²) in [5.74, 6) is 0.127. The van der Waals surface area contributed by atoms with E-state index >= 15 is 0 Å². The summed E-state index contributed by atoms with van der Waals surface area (Å²) in [5, 5.41) is 1.84. The molecule has 4 nitrogen and oxygen atoms in total. The Labute approximate surface area is 138 Å². The number of amides is 1. The molecule has 6 heteroatoms. The number of ether oxygens (including phenoxy) is 1. The van der Waals surface area contributed by atoms with E-state index in [-0.39, 0.29) is 30.3 Å². The number of thiophene rings is 1. The Kier molecular flexibility index (Phi) is 6.29. The van der Waals surface area contributed by atoms with E-state index in [2.05, 4.69) is 0 Å². The third-order valence-electron chi connectivity index (χ3n) is 3.30. The second kappa shape index (κ2) is 8.43. The first-order valence-electron chi connectivity index (χ1n) is 7.25. The van der Waals surface area contributed by atoms with Crippen LogP contribution < -0.4 is 4.74 Å². The van der Waals surface area contributed by atoms with Crippen molar-refractivity contribution in [3.8, 4) is 5.75 Å². The molecule has 0 aliphatic rings. The molecule has 23 heavy (non-hydrogen) atoms. The Bertz CT molecular complexity index is 640. The van der Waals surface area contributed by atoms with Crippen LogP contribution in [0.3, 0.4) is 0 Å². The zero-order valence-corrected chi connectivity index (χ0v) is 13.6. The number of nitrogens with zero attached hydrogens (tertiary/aromatic N) is 1. The topological polar surface area (TPSA) is 46.6 Å². The molecular formula is C17H18FNO3S. The summed E-state index contributed by atoms with van der Waals surface area (Å²) in [6.45, 7) is 0.718. The zero-order chi connectivity index (χ0) is 16.7. The molecule has 0 bridgehead atoms. The lowest BCUT2D eigenvalue weighted by Gasteiger charge is -2.17. The van der Waals surface area contributed by atoms with Crippen LogP contribution in [0.1, 0.15) is 22.5 Å². The summed E-state index contributed by atoms with van der Waals surface area (Å²) >= 11 is 1.38. The summed E-state index contributed by atoms with van der Waals surface area (Å²) in [5.41, 5.74) is 0. The fourth-order valence-electron chi connectivity index (χ4n) is 1.93. The fourth-order valence-corrected chi connectivity index (χ4v) is 2.62. The molecule has 1 amide bonds. The number of carbonyl (C=O) groups excluding carboxylic acids is 2. The smallest absolute Gasteiger partial charge is 0.222 e. The standard InChI is InChI=1S/C17H18FNO3S/c1-19(10-11-22-14-6-4-13(18)5-7-14)17(21)9-8-15(20)16-3-2-12-23-16/h2-7,12H,8-11H2,1H3. The summed E-state index contributed by atoms with van der Waals surface area (Å²) < 4.78 is 18.2. The van der Waals surface area contributed by atoms with E-state index in [0.717, 1.165) is 0 Å². The van der Waals surface area contributed by atoms with Gasteiger partial charge in [0.25, 0.3) is 0 Å². The van der Waals surface area contributed by atoms with Crippen LogP contribution in [0, 0.1) is 5.82 Å². The summed E-state index contributed by atoms with van der Waals surface area (Å²) in [7, 11) is 1.67. The second-order valence-corrected chi connectivity index (χ2v) is 5.97. The maximum absolute atomic E-state index is 12.8. The molecule has 0 saturated heterocycles.